The molecule has 0 radical (unpaired) electrons. The molecule has 2 aromatic carbocycles. The van der Waals surface area contributed by atoms with Crippen LogP contribution in [0.25, 0.3) is 5.57 Å². The molecule has 0 saturated heterocycles. The van der Waals surface area contributed by atoms with Crippen LogP contribution in [0.15, 0.2) is 65.3 Å². The Balaban J connectivity index is 2.09. The third-order valence-corrected chi connectivity index (χ3v) is 4.17. The molecule has 0 saturated carbocycles. The number of carbonyl (C=O) groups is 1. The molecule has 1 N–H and O–H groups in total. The van der Waals surface area contributed by atoms with E-state index in [1.165, 1.54) is 5.01 Å². The number of anilines is 2. The summed E-state index contributed by atoms with van der Waals surface area (Å²) in [4.78, 5) is 14.9. The molecule has 0 aliphatic carbocycles. The molecule has 27 heavy (non-hydrogen) atoms. The highest BCUT2D eigenvalue weighted by Crippen LogP contribution is 2.30. The quantitative estimate of drug-likeness (QED) is 0.671. The van der Waals surface area contributed by atoms with Crippen LogP contribution in [0.1, 0.15) is 12.5 Å². The number of benzene rings is 2. The Bertz CT molecular complexity index is 937. The number of amidine groups is 1. The van der Waals surface area contributed by atoms with Crippen molar-refractivity contribution in [3.05, 3.63) is 65.7 Å². The van der Waals surface area contributed by atoms with Crippen molar-refractivity contribution in [3.8, 4) is 6.07 Å². The van der Waals surface area contributed by atoms with Gasteiger partial charge in [-0.15, -0.1) is 5.10 Å². The van der Waals surface area contributed by atoms with E-state index in [1.54, 1.807) is 4.90 Å². The molecule has 1 aliphatic rings. The van der Waals surface area contributed by atoms with Crippen LogP contribution in [0.4, 0.5) is 11.4 Å². The van der Waals surface area contributed by atoms with Gasteiger partial charge in [0.25, 0.3) is 5.91 Å². The maximum absolute atomic E-state index is 13.1. The van der Waals surface area contributed by atoms with Crippen LogP contribution in [0.5, 0.6) is 0 Å². The highest BCUT2D eigenvalue weighted by Gasteiger charge is 2.35. The summed E-state index contributed by atoms with van der Waals surface area (Å²) in [6.07, 6.45) is 0. The maximum atomic E-state index is 13.1. The fraction of sp³-hybridized carbons (Fsp3) is 0.190. The largest absolute Gasteiger partial charge is 0.385 e. The lowest BCUT2D eigenvalue weighted by molar-refractivity contribution is -0.114. The lowest BCUT2D eigenvalue weighted by Crippen LogP contribution is -2.26. The molecule has 2 aromatic rings. The number of hydrazone groups is 1. The molecular weight excluding hydrogens is 338 g/mol. The number of amides is 1. The number of nitrogens with one attached hydrogen (secondary N) is 1. The van der Waals surface area contributed by atoms with E-state index in [9.17, 15) is 10.1 Å². The molecule has 0 bridgehead atoms. The molecule has 3 rings (SSSR count). The standard InChI is InChI=1S/C21H21N5O/c1-4-23-16-12-10-15(11-13-16)18(14-22)19-20(25(2)3)24-26(21(19)27)17-8-6-5-7-9-17/h5-13,23H,4H2,1-3H3/b19-18+. The van der Waals surface area contributed by atoms with Gasteiger partial charge < -0.3 is 10.2 Å². The second kappa shape index (κ2) is 7.75. The summed E-state index contributed by atoms with van der Waals surface area (Å²) in [5.41, 5.74) is 2.94. The molecular formula is C21H21N5O. The lowest BCUT2D eigenvalue weighted by atomic mass is 9.99. The number of allylic oxidation sites excluding steroid dienone is 1. The molecule has 6 nitrogen and oxygen atoms in total. The van der Waals surface area contributed by atoms with E-state index in [-0.39, 0.29) is 5.91 Å². The highest BCUT2D eigenvalue weighted by atomic mass is 16.2. The van der Waals surface area contributed by atoms with Crippen molar-refractivity contribution in [3.63, 3.8) is 0 Å². The Hall–Kier alpha value is -3.59. The van der Waals surface area contributed by atoms with Crippen LogP contribution in [0.2, 0.25) is 0 Å². The van der Waals surface area contributed by atoms with E-state index < -0.39 is 0 Å². The first-order valence-electron chi connectivity index (χ1n) is 8.71. The van der Waals surface area contributed by atoms with Crippen LogP contribution >= 0.6 is 0 Å². The first-order valence-corrected chi connectivity index (χ1v) is 8.71. The molecule has 0 atom stereocenters. The van der Waals surface area contributed by atoms with Crippen LogP contribution in [0.3, 0.4) is 0 Å². The minimum atomic E-state index is -0.308. The van der Waals surface area contributed by atoms with Crippen molar-refractivity contribution in [2.75, 3.05) is 31.0 Å². The molecule has 1 amide bonds. The van der Waals surface area contributed by atoms with E-state index in [0.29, 0.717) is 28.2 Å². The maximum Gasteiger partial charge on any atom is 0.283 e. The molecule has 136 valence electrons. The lowest BCUT2D eigenvalue weighted by Gasteiger charge is -2.13. The number of hydrogen-bond acceptors (Lipinski definition) is 5. The monoisotopic (exact) mass is 359 g/mol. The second-order valence-corrected chi connectivity index (χ2v) is 6.24. The summed E-state index contributed by atoms with van der Waals surface area (Å²) < 4.78 is 0. The van der Waals surface area contributed by atoms with Gasteiger partial charge in [-0.25, -0.2) is 0 Å². The number of para-hydroxylation sites is 1. The Morgan fingerprint density at radius 1 is 1.15 bits per heavy atom. The number of nitriles is 1. The fourth-order valence-electron chi connectivity index (χ4n) is 2.89. The predicted molar refractivity (Wildman–Crippen MR) is 108 cm³/mol. The van der Waals surface area contributed by atoms with Crippen molar-refractivity contribution in [2.24, 2.45) is 5.10 Å². The van der Waals surface area contributed by atoms with Crippen molar-refractivity contribution in [1.82, 2.24) is 4.90 Å². The first-order chi connectivity index (χ1) is 13.1. The van der Waals surface area contributed by atoms with Crippen molar-refractivity contribution < 1.29 is 4.79 Å². The van der Waals surface area contributed by atoms with Gasteiger partial charge in [0, 0.05) is 26.3 Å². The second-order valence-electron chi connectivity index (χ2n) is 6.24. The van der Waals surface area contributed by atoms with E-state index in [4.69, 9.17) is 0 Å². The Kier molecular flexibility index (Phi) is 5.23. The van der Waals surface area contributed by atoms with E-state index >= 15 is 0 Å². The van der Waals surface area contributed by atoms with Gasteiger partial charge in [-0.05, 0) is 36.8 Å². The smallest absolute Gasteiger partial charge is 0.283 e. The van der Waals surface area contributed by atoms with Gasteiger partial charge in [-0.1, -0.05) is 30.3 Å². The summed E-state index contributed by atoms with van der Waals surface area (Å²) in [6, 6.07) is 18.9. The highest BCUT2D eigenvalue weighted by molar-refractivity contribution is 6.34. The number of rotatable bonds is 4. The van der Waals surface area contributed by atoms with Crippen LogP contribution in [-0.2, 0) is 4.79 Å². The zero-order chi connectivity index (χ0) is 19.4. The molecule has 0 fully saturated rings. The van der Waals surface area contributed by atoms with E-state index in [0.717, 1.165) is 12.2 Å². The number of hydrogen-bond donors (Lipinski definition) is 1. The molecule has 1 aliphatic heterocycles. The summed E-state index contributed by atoms with van der Waals surface area (Å²) in [6.45, 7) is 2.83. The molecule has 0 unspecified atom stereocenters. The Morgan fingerprint density at radius 2 is 1.81 bits per heavy atom. The van der Waals surface area contributed by atoms with Crippen molar-refractivity contribution in [2.45, 2.75) is 6.92 Å². The summed E-state index contributed by atoms with van der Waals surface area (Å²) >= 11 is 0. The van der Waals surface area contributed by atoms with Crippen LogP contribution < -0.4 is 10.3 Å². The van der Waals surface area contributed by atoms with Gasteiger partial charge in [0.2, 0.25) is 0 Å². The molecule has 0 spiro atoms. The zero-order valence-corrected chi connectivity index (χ0v) is 15.6. The molecule has 6 heteroatoms. The third-order valence-electron chi connectivity index (χ3n) is 4.17. The Morgan fingerprint density at radius 3 is 2.37 bits per heavy atom. The van der Waals surface area contributed by atoms with Crippen molar-refractivity contribution >= 4 is 28.7 Å². The van der Waals surface area contributed by atoms with Crippen LogP contribution in [0, 0.1) is 11.3 Å². The SMILES string of the molecule is CCNc1ccc(/C(C#N)=C2/C(=O)N(c3ccccc3)N=C2N(C)C)cc1. The zero-order valence-electron chi connectivity index (χ0n) is 15.6. The average molecular weight is 359 g/mol. The summed E-state index contributed by atoms with van der Waals surface area (Å²) in [5.74, 6) is 0.161. The first kappa shape index (κ1) is 18.2. The van der Waals surface area contributed by atoms with Crippen molar-refractivity contribution in [1.29, 1.82) is 5.26 Å². The van der Waals surface area contributed by atoms with Gasteiger partial charge in [-0.3, -0.25) is 4.79 Å². The molecule has 1 heterocycles. The average Bonchev–Trinajstić information content (AvgIpc) is 3.02. The minimum Gasteiger partial charge on any atom is -0.385 e. The van der Waals surface area contributed by atoms with Crippen LogP contribution in [-0.4, -0.2) is 37.3 Å². The fourth-order valence-corrected chi connectivity index (χ4v) is 2.89. The Labute approximate surface area is 159 Å². The molecule has 0 aromatic heterocycles. The van der Waals surface area contributed by atoms with E-state index in [2.05, 4.69) is 16.5 Å². The normalized spacial score (nSPS) is 15.3. The van der Waals surface area contributed by atoms with Gasteiger partial charge in [0.1, 0.15) is 11.6 Å². The third kappa shape index (κ3) is 3.53. The number of likely N-dealkylation sites (N-methyl/N-ethyl adjacent to an activating group) is 1. The number of carbonyl (C=O) groups excluding carboxylic acids is 1. The summed E-state index contributed by atoms with van der Waals surface area (Å²) in [7, 11) is 3.62. The minimum absolute atomic E-state index is 0.308. The van der Waals surface area contributed by atoms with E-state index in [1.807, 2.05) is 75.6 Å². The predicted octanol–water partition coefficient (Wildman–Crippen LogP) is 3.32. The topological polar surface area (TPSA) is 71.7 Å². The van der Waals surface area contributed by atoms with Gasteiger partial charge in [-0.2, -0.15) is 10.3 Å². The van der Waals surface area contributed by atoms with Gasteiger partial charge in [0.05, 0.1) is 11.3 Å². The van der Waals surface area contributed by atoms with Gasteiger partial charge >= 0.3 is 0 Å². The summed E-state index contributed by atoms with van der Waals surface area (Å²) in [5, 5.41) is 18.8. The number of nitrogens with zero attached hydrogens (tertiary/aromatic N) is 4. The van der Waals surface area contributed by atoms with Gasteiger partial charge in [0.15, 0.2) is 5.84 Å².